The number of carbonyl (C=O) groups is 2. The van der Waals surface area contributed by atoms with Crippen LogP contribution in [0.4, 0.5) is 11.4 Å². The van der Waals surface area contributed by atoms with Gasteiger partial charge in [-0.05, 0) is 60.7 Å². The average molecular weight is 419 g/mol. The monoisotopic (exact) mass is 418 g/mol. The molecule has 0 unspecified atom stereocenters. The Kier molecular flexibility index (Phi) is 5.81. The Morgan fingerprint density at radius 2 is 1.50 bits per heavy atom. The summed E-state index contributed by atoms with van der Waals surface area (Å²) in [4.78, 5) is 24.0. The topological polar surface area (TPSA) is 105 Å². The second kappa shape index (κ2) is 8.28. The SMILES string of the molecule is O=C(CS(=O)(=O)c1ccc(Cl)cc1)Nc1ccc(NC(=O)c2ccco2)cc1. The smallest absolute Gasteiger partial charge is 0.291 e. The van der Waals surface area contributed by atoms with E-state index in [0.717, 1.165) is 0 Å². The summed E-state index contributed by atoms with van der Waals surface area (Å²) in [5, 5.41) is 5.55. The molecule has 0 bridgehead atoms. The summed E-state index contributed by atoms with van der Waals surface area (Å²) in [6.07, 6.45) is 1.39. The third-order valence-electron chi connectivity index (χ3n) is 3.67. The normalized spacial score (nSPS) is 11.0. The van der Waals surface area contributed by atoms with Gasteiger partial charge in [0.1, 0.15) is 5.75 Å². The highest BCUT2D eigenvalue weighted by Crippen LogP contribution is 2.17. The van der Waals surface area contributed by atoms with Gasteiger partial charge >= 0.3 is 0 Å². The number of hydrogen-bond donors (Lipinski definition) is 2. The van der Waals surface area contributed by atoms with E-state index in [9.17, 15) is 18.0 Å². The molecule has 0 radical (unpaired) electrons. The number of nitrogens with one attached hydrogen (secondary N) is 2. The van der Waals surface area contributed by atoms with Gasteiger partial charge in [-0.2, -0.15) is 0 Å². The van der Waals surface area contributed by atoms with Gasteiger partial charge in [0.2, 0.25) is 5.91 Å². The van der Waals surface area contributed by atoms with Crippen molar-refractivity contribution in [2.45, 2.75) is 4.90 Å². The van der Waals surface area contributed by atoms with Crippen molar-refractivity contribution in [2.24, 2.45) is 0 Å². The van der Waals surface area contributed by atoms with E-state index in [1.165, 1.54) is 36.6 Å². The van der Waals surface area contributed by atoms with E-state index in [-0.39, 0.29) is 10.7 Å². The Bertz CT molecular complexity index is 1080. The summed E-state index contributed by atoms with van der Waals surface area (Å²) in [6.45, 7) is 0. The number of hydrogen-bond acceptors (Lipinski definition) is 5. The fourth-order valence-electron chi connectivity index (χ4n) is 2.33. The summed E-state index contributed by atoms with van der Waals surface area (Å²) in [7, 11) is -3.78. The number of sulfone groups is 1. The standard InChI is InChI=1S/C19H15ClN2O5S/c20-13-3-9-16(10-4-13)28(25,26)12-18(23)21-14-5-7-15(8-6-14)22-19(24)17-2-1-11-27-17/h1-11H,12H2,(H,21,23)(H,22,24). The fourth-order valence-corrected chi connectivity index (χ4v) is 3.59. The van der Waals surface area contributed by atoms with Crippen LogP contribution < -0.4 is 10.6 Å². The van der Waals surface area contributed by atoms with Crippen LogP contribution in [0.25, 0.3) is 0 Å². The summed E-state index contributed by atoms with van der Waals surface area (Å²) in [6, 6.07) is 15.0. The zero-order chi connectivity index (χ0) is 20.1. The Balaban J connectivity index is 1.59. The molecule has 7 nitrogen and oxygen atoms in total. The highest BCUT2D eigenvalue weighted by molar-refractivity contribution is 7.92. The van der Waals surface area contributed by atoms with Crippen LogP contribution in [-0.2, 0) is 14.6 Å². The van der Waals surface area contributed by atoms with Crippen LogP contribution in [0.5, 0.6) is 0 Å². The molecule has 28 heavy (non-hydrogen) atoms. The quantitative estimate of drug-likeness (QED) is 0.636. The van der Waals surface area contributed by atoms with Crippen molar-refractivity contribution >= 4 is 44.6 Å². The van der Waals surface area contributed by atoms with Gasteiger partial charge in [-0.25, -0.2) is 8.42 Å². The fraction of sp³-hybridized carbons (Fsp3) is 0.0526. The van der Waals surface area contributed by atoms with Crippen molar-refractivity contribution in [1.82, 2.24) is 0 Å². The van der Waals surface area contributed by atoms with Crippen molar-refractivity contribution in [3.63, 3.8) is 0 Å². The van der Waals surface area contributed by atoms with Crippen LogP contribution in [0.2, 0.25) is 5.02 Å². The van der Waals surface area contributed by atoms with Gasteiger partial charge < -0.3 is 15.1 Å². The summed E-state index contributed by atoms with van der Waals surface area (Å²) in [5.74, 6) is -1.62. The van der Waals surface area contributed by atoms with Gasteiger partial charge in [-0.15, -0.1) is 0 Å². The van der Waals surface area contributed by atoms with Gasteiger partial charge in [0.05, 0.1) is 11.2 Å². The first-order valence-corrected chi connectivity index (χ1v) is 10.1. The molecule has 2 amide bonds. The Morgan fingerprint density at radius 3 is 2.07 bits per heavy atom. The molecule has 0 saturated carbocycles. The number of amides is 2. The van der Waals surface area contributed by atoms with Gasteiger partial charge in [-0.3, -0.25) is 9.59 Å². The second-order valence-corrected chi connectivity index (χ2v) is 8.20. The van der Waals surface area contributed by atoms with E-state index in [1.807, 2.05) is 0 Å². The van der Waals surface area contributed by atoms with Crippen LogP contribution in [0, 0.1) is 0 Å². The Labute approximate surface area is 166 Å². The van der Waals surface area contributed by atoms with Crippen LogP contribution in [-0.4, -0.2) is 26.0 Å². The molecule has 2 aromatic carbocycles. The molecule has 3 aromatic rings. The molecule has 144 valence electrons. The van der Waals surface area contributed by atoms with Crippen LogP contribution >= 0.6 is 11.6 Å². The zero-order valence-corrected chi connectivity index (χ0v) is 16.0. The summed E-state index contributed by atoms with van der Waals surface area (Å²) >= 11 is 5.74. The molecule has 0 saturated heterocycles. The van der Waals surface area contributed by atoms with Crippen molar-refractivity contribution in [2.75, 3.05) is 16.4 Å². The van der Waals surface area contributed by atoms with E-state index in [0.29, 0.717) is 16.4 Å². The molecule has 2 N–H and O–H groups in total. The first-order valence-electron chi connectivity index (χ1n) is 8.06. The second-order valence-electron chi connectivity index (χ2n) is 5.77. The minimum Gasteiger partial charge on any atom is -0.459 e. The summed E-state index contributed by atoms with van der Waals surface area (Å²) < 4.78 is 29.5. The molecule has 1 aromatic heterocycles. The molecular weight excluding hydrogens is 404 g/mol. The Hall–Kier alpha value is -3.10. The van der Waals surface area contributed by atoms with Crippen LogP contribution in [0.3, 0.4) is 0 Å². The molecule has 0 spiro atoms. The molecule has 0 fully saturated rings. The molecule has 9 heteroatoms. The van der Waals surface area contributed by atoms with Crippen LogP contribution in [0.1, 0.15) is 10.6 Å². The zero-order valence-electron chi connectivity index (χ0n) is 14.4. The van der Waals surface area contributed by atoms with Crippen molar-refractivity contribution in [3.8, 4) is 0 Å². The molecular formula is C19H15ClN2O5S. The molecule has 3 rings (SSSR count). The van der Waals surface area contributed by atoms with E-state index in [1.54, 1.807) is 30.3 Å². The first-order chi connectivity index (χ1) is 13.3. The van der Waals surface area contributed by atoms with Gasteiger partial charge in [0, 0.05) is 16.4 Å². The highest BCUT2D eigenvalue weighted by atomic mass is 35.5. The van der Waals surface area contributed by atoms with Crippen molar-refractivity contribution in [3.05, 3.63) is 77.7 Å². The molecule has 0 aliphatic rings. The van der Waals surface area contributed by atoms with Gasteiger partial charge in [-0.1, -0.05) is 11.6 Å². The number of rotatable bonds is 6. The number of benzene rings is 2. The van der Waals surface area contributed by atoms with E-state index in [2.05, 4.69) is 10.6 Å². The molecule has 0 aliphatic carbocycles. The maximum absolute atomic E-state index is 12.3. The van der Waals surface area contributed by atoms with Crippen molar-refractivity contribution < 1.29 is 22.4 Å². The number of carbonyl (C=O) groups excluding carboxylic acids is 2. The lowest BCUT2D eigenvalue weighted by molar-refractivity contribution is -0.113. The molecule has 1 heterocycles. The highest BCUT2D eigenvalue weighted by Gasteiger charge is 2.19. The minimum absolute atomic E-state index is 0.0167. The van der Waals surface area contributed by atoms with E-state index >= 15 is 0 Å². The third-order valence-corrected chi connectivity index (χ3v) is 5.55. The third kappa shape index (κ3) is 4.99. The van der Waals surface area contributed by atoms with E-state index in [4.69, 9.17) is 16.0 Å². The maximum atomic E-state index is 12.3. The Morgan fingerprint density at radius 1 is 0.893 bits per heavy atom. The maximum Gasteiger partial charge on any atom is 0.291 e. The lowest BCUT2D eigenvalue weighted by atomic mass is 10.2. The number of halogens is 1. The number of furan rings is 1. The predicted octanol–water partition coefficient (Wildman–Crippen LogP) is 3.60. The average Bonchev–Trinajstić information content (AvgIpc) is 3.18. The molecule has 0 aliphatic heterocycles. The van der Waals surface area contributed by atoms with Gasteiger partial charge in [0.25, 0.3) is 5.91 Å². The van der Waals surface area contributed by atoms with Crippen molar-refractivity contribution in [1.29, 1.82) is 0 Å². The molecule has 0 atom stereocenters. The largest absolute Gasteiger partial charge is 0.459 e. The number of anilines is 2. The minimum atomic E-state index is -3.78. The van der Waals surface area contributed by atoms with E-state index < -0.39 is 27.4 Å². The van der Waals surface area contributed by atoms with Crippen LogP contribution in [0.15, 0.2) is 76.2 Å². The first kappa shape index (κ1) is 19.7. The lowest BCUT2D eigenvalue weighted by Crippen LogP contribution is -2.23. The summed E-state index contributed by atoms with van der Waals surface area (Å²) in [5.41, 5.74) is 0.889. The van der Waals surface area contributed by atoms with Gasteiger partial charge in [0.15, 0.2) is 15.6 Å². The lowest BCUT2D eigenvalue weighted by Gasteiger charge is -2.08. The predicted molar refractivity (Wildman–Crippen MR) is 105 cm³/mol.